The van der Waals surface area contributed by atoms with Crippen molar-refractivity contribution in [1.82, 2.24) is 15.5 Å². The molecule has 1 unspecified atom stereocenters. The molecule has 1 heterocycles. The maximum atomic E-state index is 13.0. The molecule has 0 aromatic heterocycles. The van der Waals surface area contributed by atoms with Gasteiger partial charge in [0.15, 0.2) is 0 Å². The van der Waals surface area contributed by atoms with Gasteiger partial charge in [0.25, 0.3) is 5.91 Å². The van der Waals surface area contributed by atoms with Crippen LogP contribution in [0.25, 0.3) is 0 Å². The first kappa shape index (κ1) is 27.5. The molecular formula is C28H36ClN3O4. The number of ether oxygens (including phenoxy) is 1. The molecule has 0 radical (unpaired) electrons. The number of halogens is 1. The van der Waals surface area contributed by atoms with Crippen molar-refractivity contribution in [1.29, 1.82) is 0 Å². The van der Waals surface area contributed by atoms with E-state index in [2.05, 4.69) is 10.6 Å². The monoisotopic (exact) mass is 513 g/mol. The van der Waals surface area contributed by atoms with Gasteiger partial charge in [0.05, 0.1) is 12.5 Å². The van der Waals surface area contributed by atoms with Crippen molar-refractivity contribution in [3.05, 3.63) is 71.3 Å². The molecule has 2 atom stereocenters. The summed E-state index contributed by atoms with van der Waals surface area (Å²) in [5.74, 6) is 0.594. The fourth-order valence-corrected chi connectivity index (χ4v) is 4.64. The van der Waals surface area contributed by atoms with Gasteiger partial charge >= 0.3 is 6.09 Å². The van der Waals surface area contributed by atoms with Gasteiger partial charge in [-0.25, -0.2) is 4.79 Å². The summed E-state index contributed by atoms with van der Waals surface area (Å²) in [6, 6.07) is 16.5. The van der Waals surface area contributed by atoms with E-state index in [1.54, 1.807) is 20.8 Å². The van der Waals surface area contributed by atoms with E-state index in [-0.39, 0.29) is 24.2 Å². The topological polar surface area (TPSA) is 87.7 Å². The van der Waals surface area contributed by atoms with Crippen LogP contribution in [0.3, 0.4) is 0 Å². The molecule has 2 aromatic carbocycles. The third-order valence-electron chi connectivity index (χ3n) is 6.03. The fraction of sp³-hybridized carbons (Fsp3) is 0.464. The van der Waals surface area contributed by atoms with E-state index in [4.69, 9.17) is 16.3 Å². The second-order valence-corrected chi connectivity index (χ2v) is 10.4. The Labute approximate surface area is 218 Å². The largest absolute Gasteiger partial charge is 0.444 e. The van der Waals surface area contributed by atoms with E-state index in [0.717, 1.165) is 23.1 Å². The minimum atomic E-state index is -0.636. The number of amides is 3. The SMILES string of the molecule is CC(C)(C)OC(=O)N[C@@H](CC(=O)NCCCN1CC(CCCl)c2ccccc2C1=O)c1ccccc1. The summed E-state index contributed by atoms with van der Waals surface area (Å²) in [6.07, 6.45) is 0.948. The number of nitrogens with zero attached hydrogens (tertiary/aromatic N) is 1. The smallest absolute Gasteiger partial charge is 0.408 e. The summed E-state index contributed by atoms with van der Waals surface area (Å²) in [5, 5.41) is 5.73. The Bertz CT molecular complexity index is 1040. The quantitative estimate of drug-likeness (QED) is 0.345. The molecule has 194 valence electrons. The Morgan fingerprint density at radius 3 is 2.50 bits per heavy atom. The zero-order chi connectivity index (χ0) is 26.1. The number of fused-ring (bicyclic) bond motifs is 1. The number of alkyl halides is 1. The maximum Gasteiger partial charge on any atom is 0.408 e. The number of rotatable bonds is 10. The van der Waals surface area contributed by atoms with Crippen LogP contribution in [0.4, 0.5) is 4.79 Å². The van der Waals surface area contributed by atoms with Gasteiger partial charge in [-0.1, -0.05) is 48.5 Å². The van der Waals surface area contributed by atoms with E-state index in [9.17, 15) is 14.4 Å². The lowest BCUT2D eigenvalue weighted by Crippen LogP contribution is -2.41. The van der Waals surface area contributed by atoms with Gasteiger partial charge in [0.2, 0.25) is 5.91 Å². The molecule has 0 aliphatic carbocycles. The van der Waals surface area contributed by atoms with Gasteiger partial charge < -0.3 is 20.3 Å². The van der Waals surface area contributed by atoms with Crippen LogP contribution in [0.1, 0.15) is 73.5 Å². The molecule has 2 aromatic rings. The number of hydrogen-bond donors (Lipinski definition) is 2. The maximum absolute atomic E-state index is 13.0. The minimum Gasteiger partial charge on any atom is -0.444 e. The Balaban J connectivity index is 1.52. The van der Waals surface area contributed by atoms with E-state index >= 15 is 0 Å². The van der Waals surface area contributed by atoms with Crippen LogP contribution in [0.2, 0.25) is 0 Å². The Kier molecular flexibility index (Phi) is 9.76. The average Bonchev–Trinajstić information content (AvgIpc) is 2.83. The Morgan fingerprint density at radius 1 is 1.11 bits per heavy atom. The van der Waals surface area contributed by atoms with Gasteiger partial charge in [-0.3, -0.25) is 9.59 Å². The van der Waals surface area contributed by atoms with Crippen molar-refractivity contribution in [3.63, 3.8) is 0 Å². The highest BCUT2D eigenvalue weighted by Gasteiger charge is 2.30. The first-order valence-corrected chi connectivity index (χ1v) is 13.0. The summed E-state index contributed by atoms with van der Waals surface area (Å²) in [6.45, 7) is 6.98. The van der Waals surface area contributed by atoms with E-state index < -0.39 is 17.7 Å². The first-order chi connectivity index (χ1) is 17.2. The number of carbonyl (C=O) groups is 3. The lowest BCUT2D eigenvalue weighted by Gasteiger charge is -2.34. The molecule has 1 aliphatic rings. The summed E-state index contributed by atoms with van der Waals surface area (Å²) < 4.78 is 5.37. The number of hydrogen-bond acceptors (Lipinski definition) is 4. The van der Waals surface area contributed by atoms with E-state index in [0.29, 0.717) is 31.9 Å². The molecule has 0 bridgehead atoms. The summed E-state index contributed by atoms with van der Waals surface area (Å²) in [7, 11) is 0. The second-order valence-electron chi connectivity index (χ2n) is 10.0. The zero-order valence-corrected chi connectivity index (χ0v) is 22.0. The van der Waals surface area contributed by atoms with Gasteiger partial charge in [0, 0.05) is 37.0 Å². The molecule has 8 heteroatoms. The Morgan fingerprint density at radius 2 is 1.81 bits per heavy atom. The lowest BCUT2D eigenvalue weighted by atomic mass is 9.87. The van der Waals surface area contributed by atoms with Crippen molar-refractivity contribution in [2.24, 2.45) is 0 Å². The molecule has 0 saturated heterocycles. The van der Waals surface area contributed by atoms with Crippen LogP contribution in [0.5, 0.6) is 0 Å². The van der Waals surface area contributed by atoms with E-state index in [1.807, 2.05) is 59.5 Å². The predicted octanol–water partition coefficient (Wildman–Crippen LogP) is 5.02. The molecule has 36 heavy (non-hydrogen) atoms. The average molecular weight is 514 g/mol. The van der Waals surface area contributed by atoms with Crippen molar-refractivity contribution in [2.45, 2.75) is 57.6 Å². The standard InChI is InChI=1S/C28H36ClN3O4/c1-28(2,3)36-27(35)31-24(20-10-5-4-6-11-20)18-25(33)30-16-9-17-32-19-21(14-15-29)22-12-7-8-13-23(22)26(32)34/h4-8,10-13,21,24H,9,14-19H2,1-3H3,(H,30,33)(H,31,35)/t21?,24-/m0/s1. The molecule has 2 N–H and O–H groups in total. The van der Waals surface area contributed by atoms with Crippen LogP contribution >= 0.6 is 11.6 Å². The summed E-state index contributed by atoms with van der Waals surface area (Å²) >= 11 is 6.01. The molecule has 7 nitrogen and oxygen atoms in total. The summed E-state index contributed by atoms with van der Waals surface area (Å²) in [4.78, 5) is 39.9. The van der Waals surface area contributed by atoms with E-state index in [1.165, 1.54) is 0 Å². The van der Waals surface area contributed by atoms with Crippen molar-refractivity contribution in [3.8, 4) is 0 Å². The molecule has 3 rings (SSSR count). The number of alkyl carbamates (subject to hydrolysis) is 1. The highest BCUT2D eigenvalue weighted by atomic mass is 35.5. The molecule has 0 saturated carbocycles. The normalized spacial score (nSPS) is 16.2. The van der Waals surface area contributed by atoms with Crippen molar-refractivity contribution in [2.75, 3.05) is 25.5 Å². The molecule has 3 amide bonds. The minimum absolute atomic E-state index is 0.0217. The number of carbonyl (C=O) groups excluding carboxylic acids is 3. The van der Waals surface area contributed by atoms with Crippen LogP contribution in [0, 0.1) is 0 Å². The highest BCUT2D eigenvalue weighted by Crippen LogP contribution is 2.31. The first-order valence-electron chi connectivity index (χ1n) is 12.4. The fourth-order valence-electron chi connectivity index (χ4n) is 4.38. The van der Waals surface area contributed by atoms with Crippen LogP contribution in [-0.4, -0.2) is 53.9 Å². The Hall–Kier alpha value is -3.06. The van der Waals surface area contributed by atoms with Gasteiger partial charge in [-0.2, -0.15) is 0 Å². The second kappa shape index (κ2) is 12.8. The lowest BCUT2D eigenvalue weighted by molar-refractivity contribution is -0.121. The van der Waals surface area contributed by atoms with Crippen LogP contribution < -0.4 is 10.6 Å². The van der Waals surface area contributed by atoms with Crippen molar-refractivity contribution < 1.29 is 19.1 Å². The van der Waals surface area contributed by atoms with Crippen LogP contribution in [0.15, 0.2) is 54.6 Å². The summed E-state index contributed by atoms with van der Waals surface area (Å²) in [5.41, 5.74) is 1.99. The molecule has 0 spiro atoms. The number of benzene rings is 2. The van der Waals surface area contributed by atoms with Gasteiger partial charge in [-0.15, -0.1) is 11.6 Å². The third kappa shape index (κ3) is 7.98. The third-order valence-corrected chi connectivity index (χ3v) is 6.24. The zero-order valence-electron chi connectivity index (χ0n) is 21.3. The predicted molar refractivity (Wildman–Crippen MR) is 141 cm³/mol. The highest BCUT2D eigenvalue weighted by molar-refractivity contribution is 6.17. The molecular weight excluding hydrogens is 478 g/mol. The van der Waals surface area contributed by atoms with Gasteiger partial charge in [0.1, 0.15) is 5.60 Å². The molecule has 1 aliphatic heterocycles. The van der Waals surface area contributed by atoms with Gasteiger partial charge in [-0.05, 0) is 50.8 Å². The molecule has 0 fully saturated rings. The van der Waals surface area contributed by atoms with Crippen molar-refractivity contribution >= 4 is 29.5 Å². The van der Waals surface area contributed by atoms with Crippen LogP contribution in [-0.2, 0) is 9.53 Å². The number of nitrogens with one attached hydrogen (secondary N) is 2.